The molecular formula is C21H20BClO4. The SMILES string of the molecule is OB(Oc1ccc(Cl)cc1)Oc1ccc(COCCc2ccccc2)cc1. The number of benzene rings is 3. The van der Waals surface area contributed by atoms with E-state index in [-0.39, 0.29) is 0 Å². The molecule has 0 atom stereocenters. The molecule has 0 aliphatic rings. The fourth-order valence-electron chi connectivity index (χ4n) is 2.46. The van der Waals surface area contributed by atoms with Gasteiger partial charge < -0.3 is 19.1 Å². The number of hydrogen-bond donors (Lipinski definition) is 1. The first-order chi connectivity index (χ1) is 13.2. The predicted molar refractivity (Wildman–Crippen MR) is 107 cm³/mol. The molecule has 0 aromatic heterocycles. The van der Waals surface area contributed by atoms with Crippen LogP contribution in [0.25, 0.3) is 0 Å². The third-order valence-corrected chi connectivity index (χ3v) is 4.11. The first kappa shape index (κ1) is 19.3. The maximum absolute atomic E-state index is 9.87. The molecule has 1 N–H and O–H groups in total. The quantitative estimate of drug-likeness (QED) is 0.436. The highest BCUT2D eigenvalue weighted by Gasteiger charge is 2.21. The molecule has 0 fully saturated rings. The molecule has 0 saturated heterocycles. The Bertz CT molecular complexity index is 810. The van der Waals surface area contributed by atoms with E-state index >= 15 is 0 Å². The standard InChI is InChI=1S/C21H20BClO4/c23-19-8-12-21(13-9-19)27-22(24)26-20-10-6-18(7-11-20)16-25-15-14-17-4-2-1-3-5-17/h1-13,24H,14-16H2. The third-order valence-electron chi connectivity index (χ3n) is 3.86. The van der Waals surface area contributed by atoms with E-state index in [0.29, 0.717) is 29.7 Å². The summed E-state index contributed by atoms with van der Waals surface area (Å²) in [5.74, 6) is 0.972. The first-order valence-corrected chi connectivity index (χ1v) is 9.04. The molecule has 4 nitrogen and oxygen atoms in total. The van der Waals surface area contributed by atoms with Gasteiger partial charge in [0.1, 0.15) is 11.5 Å². The second-order valence-electron chi connectivity index (χ2n) is 5.93. The van der Waals surface area contributed by atoms with Crippen LogP contribution >= 0.6 is 11.6 Å². The van der Waals surface area contributed by atoms with E-state index in [9.17, 15) is 5.02 Å². The monoisotopic (exact) mass is 382 g/mol. The van der Waals surface area contributed by atoms with Gasteiger partial charge in [0.05, 0.1) is 13.2 Å². The van der Waals surface area contributed by atoms with Gasteiger partial charge in [-0.25, -0.2) is 0 Å². The maximum Gasteiger partial charge on any atom is 0.785 e. The van der Waals surface area contributed by atoms with Gasteiger partial charge in [0.2, 0.25) is 0 Å². The van der Waals surface area contributed by atoms with Crippen molar-refractivity contribution < 1.29 is 19.1 Å². The van der Waals surface area contributed by atoms with E-state index in [4.69, 9.17) is 25.6 Å². The average molecular weight is 383 g/mol. The van der Waals surface area contributed by atoms with Gasteiger partial charge in [-0.05, 0) is 53.9 Å². The second-order valence-corrected chi connectivity index (χ2v) is 6.37. The van der Waals surface area contributed by atoms with E-state index in [2.05, 4.69) is 12.1 Å². The van der Waals surface area contributed by atoms with Crippen molar-refractivity contribution in [2.75, 3.05) is 6.61 Å². The lowest BCUT2D eigenvalue weighted by Crippen LogP contribution is -2.29. The van der Waals surface area contributed by atoms with Crippen molar-refractivity contribution in [2.45, 2.75) is 13.0 Å². The maximum atomic E-state index is 9.87. The lowest BCUT2D eigenvalue weighted by Gasteiger charge is -2.11. The topological polar surface area (TPSA) is 47.9 Å². The van der Waals surface area contributed by atoms with Crippen LogP contribution in [0.5, 0.6) is 11.5 Å². The van der Waals surface area contributed by atoms with Crippen LogP contribution in [0.3, 0.4) is 0 Å². The summed E-state index contributed by atoms with van der Waals surface area (Å²) in [4.78, 5) is 0. The Kier molecular flexibility index (Phi) is 7.16. The summed E-state index contributed by atoms with van der Waals surface area (Å²) in [6.45, 7) is 1.19. The van der Waals surface area contributed by atoms with E-state index in [1.54, 1.807) is 36.4 Å². The Morgan fingerprint density at radius 3 is 1.96 bits per heavy atom. The van der Waals surface area contributed by atoms with Gasteiger partial charge in [-0.15, -0.1) is 0 Å². The van der Waals surface area contributed by atoms with Crippen LogP contribution in [0.4, 0.5) is 0 Å². The van der Waals surface area contributed by atoms with E-state index in [1.165, 1.54) is 5.56 Å². The number of ether oxygens (including phenoxy) is 1. The highest BCUT2D eigenvalue weighted by Crippen LogP contribution is 2.18. The summed E-state index contributed by atoms with van der Waals surface area (Å²) in [6, 6.07) is 24.2. The molecule has 0 bridgehead atoms. The first-order valence-electron chi connectivity index (χ1n) is 8.66. The average Bonchev–Trinajstić information content (AvgIpc) is 2.69. The normalized spacial score (nSPS) is 10.4. The molecule has 0 unspecified atom stereocenters. The van der Waals surface area contributed by atoms with Crippen molar-refractivity contribution in [3.8, 4) is 11.5 Å². The Labute approximate surface area is 164 Å². The van der Waals surface area contributed by atoms with E-state index in [0.717, 1.165) is 12.0 Å². The highest BCUT2D eigenvalue weighted by atomic mass is 35.5. The minimum atomic E-state index is -1.40. The molecule has 6 heteroatoms. The van der Waals surface area contributed by atoms with Crippen molar-refractivity contribution in [3.05, 3.63) is 95.0 Å². The van der Waals surface area contributed by atoms with Crippen LogP contribution < -0.4 is 9.31 Å². The minimum Gasteiger partial charge on any atom is -0.501 e. The summed E-state index contributed by atoms with van der Waals surface area (Å²) >= 11 is 5.81. The van der Waals surface area contributed by atoms with Crippen LogP contribution in [-0.4, -0.2) is 19.0 Å². The van der Waals surface area contributed by atoms with Gasteiger partial charge in [-0.3, -0.25) is 0 Å². The molecule has 0 spiro atoms. The molecule has 0 radical (unpaired) electrons. The summed E-state index contributed by atoms with van der Waals surface area (Å²) in [5, 5.41) is 10.5. The van der Waals surface area contributed by atoms with Crippen molar-refractivity contribution >= 4 is 18.9 Å². The molecule has 0 amide bonds. The van der Waals surface area contributed by atoms with E-state index in [1.807, 2.05) is 30.3 Å². The molecule has 27 heavy (non-hydrogen) atoms. The smallest absolute Gasteiger partial charge is 0.501 e. The van der Waals surface area contributed by atoms with Gasteiger partial charge in [0, 0.05) is 5.02 Å². The molecule has 0 aliphatic heterocycles. The molecular weight excluding hydrogens is 362 g/mol. The van der Waals surface area contributed by atoms with Crippen molar-refractivity contribution in [1.29, 1.82) is 0 Å². The van der Waals surface area contributed by atoms with E-state index < -0.39 is 7.32 Å². The number of hydrogen-bond acceptors (Lipinski definition) is 4. The lowest BCUT2D eigenvalue weighted by molar-refractivity contribution is 0.124. The molecule has 3 aromatic carbocycles. The van der Waals surface area contributed by atoms with Crippen molar-refractivity contribution in [1.82, 2.24) is 0 Å². The zero-order chi connectivity index (χ0) is 18.9. The van der Waals surface area contributed by atoms with Gasteiger partial charge >= 0.3 is 7.32 Å². The van der Waals surface area contributed by atoms with Gasteiger partial charge in [-0.1, -0.05) is 54.1 Å². The van der Waals surface area contributed by atoms with Crippen molar-refractivity contribution in [2.24, 2.45) is 0 Å². The number of rotatable bonds is 9. The number of halogens is 1. The highest BCUT2D eigenvalue weighted by molar-refractivity contribution is 6.36. The van der Waals surface area contributed by atoms with Crippen LogP contribution in [-0.2, 0) is 17.8 Å². The molecule has 0 saturated carbocycles. The largest absolute Gasteiger partial charge is 0.785 e. The van der Waals surface area contributed by atoms with Gasteiger partial charge in [-0.2, -0.15) is 0 Å². The molecule has 138 valence electrons. The fraction of sp³-hybridized carbons (Fsp3) is 0.143. The summed E-state index contributed by atoms with van der Waals surface area (Å²) in [6.07, 6.45) is 0.885. The van der Waals surface area contributed by atoms with Gasteiger partial charge in [0.15, 0.2) is 0 Å². The van der Waals surface area contributed by atoms with Crippen LogP contribution in [0, 0.1) is 0 Å². The molecule has 3 aromatic rings. The zero-order valence-corrected chi connectivity index (χ0v) is 15.5. The zero-order valence-electron chi connectivity index (χ0n) is 14.8. The summed E-state index contributed by atoms with van der Waals surface area (Å²) in [5.41, 5.74) is 2.29. The lowest BCUT2D eigenvalue weighted by atomic mass is 10.2. The summed E-state index contributed by atoms with van der Waals surface area (Å²) < 4.78 is 16.3. The van der Waals surface area contributed by atoms with Crippen LogP contribution in [0.2, 0.25) is 5.02 Å². The molecule has 3 rings (SSSR count). The Hall–Kier alpha value is -2.47. The van der Waals surface area contributed by atoms with Crippen molar-refractivity contribution in [3.63, 3.8) is 0 Å². The Morgan fingerprint density at radius 1 is 0.741 bits per heavy atom. The predicted octanol–water partition coefficient (Wildman–Crippen LogP) is 4.53. The Morgan fingerprint density at radius 2 is 1.33 bits per heavy atom. The molecule has 0 aliphatic carbocycles. The van der Waals surface area contributed by atoms with Crippen LogP contribution in [0.15, 0.2) is 78.9 Å². The van der Waals surface area contributed by atoms with Crippen LogP contribution in [0.1, 0.15) is 11.1 Å². The minimum absolute atomic E-state index is 0.468. The molecule has 0 heterocycles. The third kappa shape index (κ3) is 6.64. The Balaban J connectivity index is 1.40. The fourth-order valence-corrected chi connectivity index (χ4v) is 2.58. The van der Waals surface area contributed by atoms with Gasteiger partial charge in [0.25, 0.3) is 0 Å². The summed E-state index contributed by atoms with van der Waals surface area (Å²) in [7, 11) is -1.40. The second kappa shape index (κ2) is 10.0.